The van der Waals surface area contributed by atoms with Gasteiger partial charge in [-0.25, -0.2) is 4.79 Å². The van der Waals surface area contributed by atoms with Crippen LogP contribution in [-0.2, 0) is 15.6 Å². The number of fused-ring (bicyclic) bond motifs is 1. The smallest absolute Gasteiger partial charge is 0.422 e. The average Bonchev–Trinajstić information content (AvgIpc) is 2.78. The molecule has 2 nitrogen and oxygen atoms in total. The first kappa shape index (κ1) is 21.0. The number of benzene rings is 4. The molecule has 0 aromatic heterocycles. The van der Waals surface area contributed by atoms with Gasteiger partial charge in [0.25, 0.3) is 0 Å². The van der Waals surface area contributed by atoms with Gasteiger partial charge < -0.3 is 4.74 Å². The van der Waals surface area contributed by atoms with E-state index in [1.807, 2.05) is 66.7 Å². The van der Waals surface area contributed by atoms with Crippen LogP contribution in [0.5, 0.6) is 0 Å². The monoisotopic (exact) mass is 439 g/mol. The van der Waals surface area contributed by atoms with Crippen LogP contribution in [0, 0.1) is 0 Å². The molecular formula is C25H18F3O2S+. The van der Waals surface area contributed by atoms with Crippen LogP contribution in [0.4, 0.5) is 13.2 Å². The molecule has 0 bridgehead atoms. The molecule has 0 saturated carbocycles. The molecule has 1 atom stereocenters. The summed E-state index contributed by atoms with van der Waals surface area (Å²) in [5.74, 6) is -0.991. The molecule has 0 aliphatic carbocycles. The summed E-state index contributed by atoms with van der Waals surface area (Å²) in [6.07, 6.45) is -4.56. The zero-order valence-corrected chi connectivity index (χ0v) is 17.1. The summed E-state index contributed by atoms with van der Waals surface area (Å²) in [5.41, 5.74) is 0.0935. The Bertz CT molecular complexity index is 1210. The standard InChI is InChI=1S/C25H18F3O2S/c26-25(27,28)17-30-24(29)20-9-6-12-22(16-20)31(21-10-2-1-3-11-21)23-14-13-18-7-4-5-8-19(18)15-23/h1-16H,17H2/q+1. The lowest BCUT2D eigenvalue weighted by Crippen LogP contribution is -2.20. The molecule has 0 radical (unpaired) electrons. The molecule has 0 saturated heterocycles. The van der Waals surface area contributed by atoms with E-state index in [0.717, 1.165) is 25.5 Å². The third-order valence-electron chi connectivity index (χ3n) is 4.61. The van der Waals surface area contributed by atoms with E-state index in [1.54, 1.807) is 12.1 Å². The molecule has 6 heteroatoms. The Hall–Kier alpha value is -3.25. The Kier molecular flexibility index (Phi) is 6.00. The molecule has 4 aromatic rings. The fourth-order valence-electron chi connectivity index (χ4n) is 3.24. The highest BCUT2D eigenvalue weighted by molar-refractivity contribution is 7.97. The lowest BCUT2D eigenvalue weighted by Gasteiger charge is -2.11. The average molecular weight is 439 g/mol. The second-order valence-electron chi connectivity index (χ2n) is 6.85. The molecule has 0 N–H and O–H groups in total. The number of hydrogen-bond acceptors (Lipinski definition) is 2. The number of esters is 1. The number of ether oxygens (including phenoxy) is 1. The molecule has 4 aromatic carbocycles. The number of rotatable bonds is 5. The molecule has 0 aliphatic heterocycles. The first-order valence-corrected chi connectivity index (χ1v) is 10.8. The van der Waals surface area contributed by atoms with Gasteiger partial charge in [-0.1, -0.05) is 48.5 Å². The summed E-state index contributed by atoms with van der Waals surface area (Å²) in [5, 5.41) is 2.21. The number of carbonyl (C=O) groups excluding carboxylic acids is 1. The van der Waals surface area contributed by atoms with Gasteiger partial charge in [0.15, 0.2) is 21.3 Å². The van der Waals surface area contributed by atoms with Crippen molar-refractivity contribution in [1.29, 1.82) is 0 Å². The SMILES string of the molecule is O=C(OCC(F)(F)F)c1cccc([S+](c2ccccc2)c2ccc3ccccc3c2)c1. The second-order valence-corrected chi connectivity index (χ2v) is 8.87. The maximum Gasteiger partial charge on any atom is 0.422 e. The molecular weight excluding hydrogens is 421 g/mol. The van der Waals surface area contributed by atoms with E-state index in [4.69, 9.17) is 0 Å². The Morgan fingerprint density at radius 2 is 1.35 bits per heavy atom. The molecule has 156 valence electrons. The number of halogens is 3. The van der Waals surface area contributed by atoms with E-state index in [-0.39, 0.29) is 5.56 Å². The molecule has 4 rings (SSSR count). The molecule has 0 fully saturated rings. The quantitative estimate of drug-likeness (QED) is 0.257. The summed E-state index contributed by atoms with van der Waals surface area (Å²) >= 11 is 0. The lowest BCUT2D eigenvalue weighted by atomic mass is 10.1. The summed E-state index contributed by atoms with van der Waals surface area (Å²) in [4.78, 5) is 15.1. The fraction of sp³-hybridized carbons (Fsp3) is 0.0800. The highest BCUT2D eigenvalue weighted by atomic mass is 32.2. The van der Waals surface area contributed by atoms with Crippen LogP contribution < -0.4 is 0 Å². The van der Waals surface area contributed by atoms with Crippen LogP contribution in [0.3, 0.4) is 0 Å². The van der Waals surface area contributed by atoms with Crippen molar-refractivity contribution in [1.82, 2.24) is 0 Å². The van der Waals surface area contributed by atoms with E-state index in [9.17, 15) is 18.0 Å². The van der Waals surface area contributed by atoms with Crippen molar-refractivity contribution in [3.05, 3.63) is 103 Å². The van der Waals surface area contributed by atoms with Gasteiger partial charge in [0.1, 0.15) is 0 Å². The van der Waals surface area contributed by atoms with Gasteiger partial charge in [-0.05, 0) is 47.2 Å². The van der Waals surface area contributed by atoms with E-state index < -0.39 is 29.6 Å². The van der Waals surface area contributed by atoms with Crippen molar-refractivity contribution < 1.29 is 22.7 Å². The third kappa shape index (κ3) is 5.09. The van der Waals surface area contributed by atoms with Gasteiger partial charge in [0.2, 0.25) is 0 Å². The summed E-state index contributed by atoms with van der Waals surface area (Å²) in [6, 6.07) is 30.7. The zero-order chi connectivity index (χ0) is 21.8. The minimum atomic E-state index is -4.56. The Balaban J connectivity index is 1.75. The normalized spacial score (nSPS) is 12.5. The summed E-state index contributed by atoms with van der Waals surface area (Å²) in [6.45, 7) is -1.61. The molecule has 0 spiro atoms. The first-order chi connectivity index (χ1) is 14.9. The summed E-state index contributed by atoms with van der Waals surface area (Å²) < 4.78 is 41.7. The maximum atomic E-state index is 12.4. The van der Waals surface area contributed by atoms with Gasteiger partial charge in [0.05, 0.1) is 16.5 Å². The van der Waals surface area contributed by atoms with Crippen molar-refractivity contribution in [3.8, 4) is 0 Å². The third-order valence-corrected chi connectivity index (χ3v) is 6.80. The zero-order valence-electron chi connectivity index (χ0n) is 16.3. The minimum Gasteiger partial charge on any atom is -0.452 e. The van der Waals surface area contributed by atoms with Gasteiger partial charge in [-0.3, -0.25) is 0 Å². The van der Waals surface area contributed by atoms with Crippen molar-refractivity contribution in [2.45, 2.75) is 20.9 Å². The fourth-order valence-corrected chi connectivity index (χ4v) is 5.39. The van der Waals surface area contributed by atoms with Crippen LogP contribution in [0.15, 0.2) is 112 Å². The lowest BCUT2D eigenvalue weighted by molar-refractivity contribution is -0.161. The van der Waals surface area contributed by atoms with Crippen LogP contribution in [0.25, 0.3) is 10.8 Å². The van der Waals surface area contributed by atoms with Crippen molar-refractivity contribution in [2.24, 2.45) is 0 Å². The highest BCUT2D eigenvalue weighted by Crippen LogP contribution is 2.33. The minimum absolute atomic E-state index is 0.0935. The number of hydrogen-bond donors (Lipinski definition) is 0. The van der Waals surface area contributed by atoms with Gasteiger partial charge >= 0.3 is 12.1 Å². The number of alkyl halides is 3. The predicted molar refractivity (Wildman–Crippen MR) is 115 cm³/mol. The Morgan fingerprint density at radius 1 is 0.710 bits per heavy atom. The van der Waals surface area contributed by atoms with Crippen LogP contribution in [-0.4, -0.2) is 18.8 Å². The molecule has 0 amide bonds. The largest absolute Gasteiger partial charge is 0.452 e. The maximum absolute atomic E-state index is 12.4. The van der Waals surface area contributed by atoms with Crippen LogP contribution >= 0.6 is 0 Å². The van der Waals surface area contributed by atoms with E-state index in [2.05, 4.69) is 16.9 Å². The van der Waals surface area contributed by atoms with Gasteiger partial charge in [0, 0.05) is 12.1 Å². The van der Waals surface area contributed by atoms with Gasteiger partial charge in [-0.2, -0.15) is 13.2 Å². The first-order valence-electron chi connectivity index (χ1n) is 9.53. The van der Waals surface area contributed by atoms with Crippen LogP contribution in [0.2, 0.25) is 0 Å². The Morgan fingerprint density at radius 3 is 2.10 bits per heavy atom. The Labute approximate surface area is 180 Å². The molecule has 0 aliphatic rings. The molecule has 31 heavy (non-hydrogen) atoms. The summed E-state index contributed by atoms with van der Waals surface area (Å²) in [7, 11) is -0.548. The molecule has 0 heterocycles. The molecule has 1 unspecified atom stereocenters. The van der Waals surface area contributed by atoms with Gasteiger partial charge in [-0.15, -0.1) is 0 Å². The highest BCUT2D eigenvalue weighted by Gasteiger charge is 2.32. The predicted octanol–water partition coefficient (Wildman–Crippen LogP) is 6.65. The van der Waals surface area contributed by atoms with Crippen LogP contribution in [0.1, 0.15) is 10.4 Å². The topological polar surface area (TPSA) is 26.3 Å². The van der Waals surface area contributed by atoms with E-state index >= 15 is 0 Å². The van der Waals surface area contributed by atoms with Crippen molar-refractivity contribution in [2.75, 3.05) is 6.61 Å². The number of carbonyl (C=O) groups is 1. The van der Waals surface area contributed by atoms with Crippen molar-refractivity contribution >= 4 is 27.6 Å². The second kappa shape index (κ2) is 8.86. The van der Waals surface area contributed by atoms with E-state index in [0.29, 0.717) is 0 Å². The van der Waals surface area contributed by atoms with Crippen molar-refractivity contribution in [3.63, 3.8) is 0 Å². The van der Waals surface area contributed by atoms with E-state index in [1.165, 1.54) is 6.07 Å².